The molecule has 0 aromatic heterocycles. The normalized spacial score (nSPS) is 17.8. The zero-order valence-electron chi connectivity index (χ0n) is 23.0. The summed E-state index contributed by atoms with van der Waals surface area (Å²) in [5.41, 5.74) is 4.52. The second-order valence-corrected chi connectivity index (χ2v) is 12.7. The summed E-state index contributed by atoms with van der Waals surface area (Å²) in [6.45, 7) is 7.99. The van der Waals surface area contributed by atoms with E-state index in [1.807, 2.05) is 52.0 Å². The molecular formula is C30H33BN2O6S. The number of hydrogen-bond acceptors (Lipinski definition) is 6. The molecule has 0 atom stereocenters. The van der Waals surface area contributed by atoms with Crippen molar-refractivity contribution in [3.63, 3.8) is 0 Å². The first kappa shape index (κ1) is 28.1. The van der Waals surface area contributed by atoms with Crippen LogP contribution in [0.1, 0.15) is 50.3 Å². The highest BCUT2D eigenvalue weighted by atomic mass is 32.2. The molecule has 5 rings (SSSR count). The van der Waals surface area contributed by atoms with Gasteiger partial charge >= 0.3 is 13.2 Å². The molecule has 0 bridgehead atoms. The van der Waals surface area contributed by atoms with E-state index < -0.39 is 34.4 Å². The molecule has 1 amide bonds. The van der Waals surface area contributed by atoms with Gasteiger partial charge in [-0.1, -0.05) is 66.7 Å². The number of fused-ring (bicyclic) bond motifs is 3. The molecule has 10 heteroatoms. The molecule has 8 nitrogen and oxygen atoms in total. The molecule has 0 radical (unpaired) electrons. The molecule has 2 aliphatic rings. The lowest BCUT2D eigenvalue weighted by Crippen LogP contribution is -2.41. The van der Waals surface area contributed by atoms with E-state index in [4.69, 9.17) is 19.2 Å². The number of benzene rings is 3. The molecule has 40 heavy (non-hydrogen) atoms. The standard InChI is InChI=1S/C30H33BN2O6S/c1-29(2)30(3,4)39-31(38-29)21(16-20-10-9-11-22(17-20)40(32,35)36)18-33-28(34)37-19-27-25-14-7-5-12-23(25)24-13-6-8-15-26(24)27/h5-17,27H,18-19H2,1-4H3,(H,33,34)(H2,32,35,36). The summed E-state index contributed by atoms with van der Waals surface area (Å²) in [4.78, 5) is 12.9. The van der Waals surface area contributed by atoms with Crippen LogP contribution in [0.25, 0.3) is 17.2 Å². The molecule has 3 N–H and O–H groups in total. The fourth-order valence-corrected chi connectivity index (χ4v) is 5.58. The van der Waals surface area contributed by atoms with Crippen LogP contribution in [-0.2, 0) is 24.1 Å². The summed E-state index contributed by atoms with van der Waals surface area (Å²) < 4.78 is 41.9. The Kier molecular flexibility index (Phi) is 7.39. The van der Waals surface area contributed by atoms with Crippen LogP contribution in [0.2, 0.25) is 0 Å². The van der Waals surface area contributed by atoms with Gasteiger partial charge in [0.05, 0.1) is 16.1 Å². The number of alkyl carbamates (subject to hydrolysis) is 1. The Morgan fingerprint density at radius 2 is 1.52 bits per heavy atom. The van der Waals surface area contributed by atoms with Crippen molar-refractivity contribution in [1.29, 1.82) is 0 Å². The summed E-state index contributed by atoms with van der Waals surface area (Å²) in [5.74, 6) is -0.0581. The quantitative estimate of drug-likeness (QED) is 0.398. The van der Waals surface area contributed by atoms with Crippen molar-refractivity contribution in [1.82, 2.24) is 5.32 Å². The van der Waals surface area contributed by atoms with Crippen molar-refractivity contribution in [2.45, 2.75) is 49.7 Å². The highest BCUT2D eigenvalue weighted by Gasteiger charge is 2.52. The van der Waals surface area contributed by atoms with E-state index in [-0.39, 0.29) is 24.0 Å². The maximum Gasteiger partial charge on any atom is 0.492 e. The molecule has 3 aromatic rings. The van der Waals surface area contributed by atoms with Gasteiger partial charge in [0.25, 0.3) is 0 Å². The number of hydrogen-bond donors (Lipinski definition) is 2. The Hall–Kier alpha value is -3.44. The number of ether oxygens (including phenoxy) is 1. The summed E-state index contributed by atoms with van der Waals surface area (Å²) in [6.07, 6.45) is 1.16. The molecule has 3 aromatic carbocycles. The Balaban J connectivity index is 1.33. The van der Waals surface area contributed by atoms with Crippen molar-refractivity contribution in [3.8, 4) is 11.1 Å². The van der Waals surface area contributed by atoms with Crippen LogP contribution >= 0.6 is 0 Å². The van der Waals surface area contributed by atoms with Gasteiger partial charge in [-0.3, -0.25) is 0 Å². The Bertz CT molecular complexity index is 1520. The molecule has 1 fully saturated rings. The van der Waals surface area contributed by atoms with E-state index in [1.54, 1.807) is 18.2 Å². The predicted octanol–water partition coefficient (Wildman–Crippen LogP) is 4.89. The number of nitrogens with one attached hydrogen (secondary N) is 1. The first-order chi connectivity index (χ1) is 18.9. The fourth-order valence-electron chi connectivity index (χ4n) is 5.02. The zero-order chi connectivity index (χ0) is 28.7. The fraction of sp³-hybridized carbons (Fsp3) is 0.300. The molecule has 1 heterocycles. The van der Waals surface area contributed by atoms with Crippen LogP contribution in [0, 0.1) is 0 Å². The monoisotopic (exact) mass is 560 g/mol. The van der Waals surface area contributed by atoms with E-state index in [2.05, 4.69) is 29.6 Å². The molecule has 1 saturated heterocycles. The van der Waals surface area contributed by atoms with E-state index in [9.17, 15) is 13.2 Å². The molecule has 0 spiro atoms. The minimum Gasteiger partial charge on any atom is -0.449 e. The van der Waals surface area contributed by atoms with Crippen LogP contribution in [0.4, 0.5) is 4.79 Å². The van der Waals surface area contributed by atoms with Gasteiger partial charge in [-0.2, -0.15) is 0 Å². The Morgan fingerprint density at radius 3 is 2.10 bits per heavy atom. The number of carbonyl (C=O) groups excluding carboxylic acids is 1. The van der Waals surface area contributed by atoms with Crippen molar-refractivity contribution >= 4 is 29.3 Å². The van der Waals surface area contributed by atoms with Gasteiger partial charge < -0.3 is 19.4 Å². The lowest BCUT2D eigenvalue weighted by Gasteiger charge is -2.32. The van der Waals surface area contributed by atoms with Crippen LogP contribution in [0.5, 0.6) is 0 Å². The smallest absolute Gasteiger partial charge is 0.449 e. The first-order valence-electron chi connectivity index (χ1n) is 13.1. The van der Waals surface area contributed by atoms with Gasteiger partial charge in [0.1, 0.15) is 6.61 Å². The molecule has 208 valence electrons. The van der Waals surface area contributed by atoms with Crippen LogP contribution in [0.3, 0.4) is 0 Å². The van der Waals surface area contributed by atoms with Gasteiger partial charge in [0.15, 0.2) is 0 Å². The highest BCUT2D eigenvalue weighted by molar-refractivity contribution is 7.89. The average Bonchev–Trinajstić information content (AvgIpc) is 3.34. The largest absolute Gasteiger partial charge is 0.492 e. The molecular weight excluding hydrogens is 527 g/mol. The molecule has 1 aliphatic carbocycles. The number of primary sulfonamides is 1. The van der Waals surface area contributed by atoms with Gasteiger partial charge in [0.2, 0.25) is 10.0 Å². The van der Waals surface area contributed by atoms with Crippen molar-refractivity contribution in [2.24, 2.45) is 5.14 Å². The zero-order valence-corrected chi connectivity index (χ0v) is 23.8. The third-order valence-electron chi connectivity index (χ3n) is 7.88. The minimum absolute atomic E-state index is 0.0148. The molecule has 0 saturated carbocycles. The molecule has 0 unspecified atom stereocenters. The first-order valence-corrected chi connectivity index (χ1v) is 14.7. The summed E-state index contributed by atoms with van der Waals surface area (Å²) in [7, 11) is -4.65. The van der Waals surface area contributed by atoms with Crippen molar-refractivity contribution in [2.75, 3.05) is 13.2 Å². The van der Waals surface area contributed by atoms with Gasteiger partial charge in [-0.15, -0.1) is 0 Å². The second-order valence-electron chi connectivity index (χ2n) is 11.1. The van der Waals surface area contributed by atoms with E-state index >= 15 is 0 Å². The van der Waals surface area contributed by atoms with Gasteiger partial charge in [-0.25, -0.2) is 18.4 Å². The number of nitrogens with two attached hydrogens (primary N) is 1. The second kappa shape index (κ2) is 10.5. The van der Waals surface area contributed by atoms with E-state index in [1.165, 1.54) is 12.1 Å². The van der Waals surface area contributed by atoms with Gasteiger partial charge in [-0.05, 0) is 73.1 Å². The maximum absolute atomic E-state index is 12.9. The van der Waals surface area contributed by atoms with Gasteiger partial charge in [0, 0.05) is 12.5 Å². The van der Waals surface area contributed by atoms with E-state index in [0.29, 0.717) is 11.0 Å². The number of sulfonamides is 1. The highest BCUT2D eigenvalue weighted by Crippen LogP contribution is 2.44. The third-order valence-corrected chi connectivity index (χ3v) is 8.79. The number of carbonyl (C=O) groups is 1. The Morgan fingerprint density at radius 1 is 0.950 bits per heavy atom. The third kappa shape index (κ3) is 5.58. The van der Waals surface area contributed by atoms with E-state index in [0.717, 1.165) is 22.3 Å². The SMILES string of the molecule is CC1(C)OB(C(=Cc2cccc(S(N)(=O)=O)c2)CNC(=O)OCC2c3ccccc3-c3ccccc32)OC1(C)C. The van der Waals surface area contributed by atoms with Crippen LogP contribution < -0.4 is 10.5 Å². The number of amides is 1. The number of rotatable bonds is 7. The predicted molar refractivity (Wildman–Crippen MR) is 155 cm³/mol. The van der Waals surface area contributed by atoms with Crippen molar-refractivity contribution < 1.29 is 27.3 Å². The summed E-state index contributed by atoms with van der Waals surface area (Å²) >= 11 is 0. The van der Waals surface area contributed by atoms with Crippen molar-refractivity contribution in [3.05, 3.63) is 95.0 Å². The minimum atomic E-state index is -3.88. The Labute approximate surface area is 235 Å². The maximum atomic E-state index is 12.9. The lowest BCUT2D eigenvalue weighted by molar-refractivity contribution is 0.00578. The van der Waals surface area contributed by atoms with Crippen LogP contribution in [0.15, 0.2) is 83.2 Å². The van der Waals surface area contributed by atoms with Crippen LogP contribution in [-0.4, -0.2) is 46.0 Å². The lowest BCUT2D eigenvalue weighted by atomic mass is 9.77. The molecule has 1 aliphatic heterocycles. The summed E-state index contributed by atoms with van der Waals surface area (Å²) in [6, 6.07) is 22.5. The average molecular weight is 560 g/mol. The topological polar surface area (TPSA) is 117 Å². The summed E-state index contributed by atoms with van der Waals surface area (Å²) in [5, 5.41) is 8.14.